The predicted molar refractivity (Wildman–Crippen MR) is 117 cm³/mol. The van der Waals surface area contributed by atoms with E-state index in [-0.39, 0.29) is 17.6 Å². The molecule has 6 rings (SSSR count). The van der Waals surface area contributed by atoms with Crippen LogP contribution in [0.4, 0.5) is 8.78 Å². The second-order valence-corrected chi connectivity index (χ2v) is 9.41. The fourth-order valence-corrected chi connectivity index (χ4v) is 7.68. The van der Waals surface area contributed by atoms with Crippen molar-refractivity contribution in [2.45, 2.75) is 5.92 Å². The molecule has 0 spiro atoms. The SMILES string of the molecule is N#CN=C1c2cc(F)ccc2-c2c1sc1c3c(sc21)C(CNC#N)c1cc(F)ccc1-3. The molecule has 2 aromatic carbocycles. The summed E-state index contributed by atoms with van der Waals surface area (Å²) < 4.78 is 30.0. The highest BCUT2D eigenvalue weighted by Gasteiger charge is 2.38. The summed E-state index contributed by atoms with van der Waals surface area (Å²) in [7, 11) is 0. The lowest BCUT2D eigenvalue weighted by Crippen LogP contribution is -2.15. The van der Waals surface area contributed by atoms with Crippen LogP contribution in [0.15, 0.2) is 41.4 Å². The van der Waals surface area contributed by atoms with Gasteiger partial charge >= 0.3 is 0 Å². The molecule has 2 aliphatic carbocycles. The number of thiophene rings is 2. The van der Waals surface area contributed by atoms with Gasteiger partial charge in [-0.2, -0.15) is 15.5 Å². The molecule has 4 aromatic rings. The summed E-state index contributed by atoms with van der Waals surface area (Å²) in [6.07, 6.45) is 3.81. The molecule has 1 atom stereocenters. The lowest BCUT2D eigenvalue weighted by Gasteiger charge is -2.11. The van der Waals surface area contributed by atoms with Crippen molar-refractivity contribution in [3.05, 3.63) is 68.9 Å². The largest absolute Gasteiger partial charge is 0.323 e. The van der Waals surface area contributed by atoms with Gasteiger partial charge in [-0.15, -0.1) is 22.7 Å². The van der Waals surface area contributed by atoms with E-state index >= 15 is 0 Å². The van der Waals surface area contributed by atoms with Crippen molar-refractivity contribution < 1.29 is 8.78 Å². The number of halogens is 2. The summed E-state index contributed by atoms with van der Waals surface area (Å²) in [5.74, 6) is -0.801. The van der Waals surface area contributed by atoms with Gasteiger partial charge in [0.05, 0.1) is 14.3 Å². The summed E-state index contributed by atoms with van der Waals surface area (Å²) in [6, 6.07) is 9.36. The zero-order valence-corrected chi connectivity index (χ0v) is 17.3. The van der Waals surface area contributed by atoms with Crippen LogP contribution in [-0.4, -0.2) is 12.3 Å². The maximum Gasteiger partial charge on any atom is 0.206 e. The molecule has 31 heavy (non-hydrogen) atoms. The highest BCUT2D eigenvalue weighted by atomic mass is 32.1. The van der Waals surface area contributed by atoms with Crippen LogP contribution < -0.4 is 5.32 Å². The van der Waals surface area contributed by atoms with Gasteiger partial charge in [0.25, 0.3) is 0 Å². The molecule has 4 nitrogen and oxygen atoms in total. The van der Waals surface area contributed by atoms with Crippen molar-refractivity contribution in [2.75, 3.05) is 6.54 Å². The van der Waals surface area contributed by atoms with Crippen LogP contribution in [-0.2, 0) is 0 Å². The smallest absolute Gasteiger partial charge is 0.206 e. The Morgan fingerprint density at radius 3 is 2.45 bits per heavy atom. The zero-order chi connectivity index (χ0) is 21.3. The molecule has 0 bridgehead atoms. The summed E-state index contributed by atoms with van der Waals surface area (Å²) in [4.78, 5) is 5.94. The highest BCUT2D eigenvalue weighted by Crippen LogP contribution is 2.59. The van der Waals surface area contributed by atoms with Crippen LogP contribution in [0.5, 0.6) is 0 Å². The number of nitrogens with zero attached hydrogens (tertiary/aromatic N) is 3. The minimum atomic E-state index is -0.372. The third-order valence-corrected chi connectivity index (χ3v) is 8.46. The molecule has 0 saturated carbocycles. The lowest BCUT2D eigenvalue weighted by molar-refractivity contribution is 0.623. The van der Waals surface area contributed by atoms with Gasteiger partial charge in [-0.1, -0.05) is 12.1 Å². The van der Waals surface area contributed by atoms with Crippen LogP contribution in [0, 0.1) is 34.5 Å². The van der Waals surface area contributed by atoms with E-state index in [1.165, 1.54) is 29.5 Å². The van der Waals surface area contributed by atoms with Gasteiger partial charge in [-0.25, -0.2) is 8.78 Å². The molecular formula is C23H10F2N4S2. The van der Waals surface area contributed by atoms with Gasteiger partial charge in [-0.3, -0.25) is 0 Å². The van der Waals surface area contributed by atoms with Crippen molar-refractivity contribution in [3.63, 3.8) is 0 Å². The van der Waals surface area contributed by atoms with Crippen LogP contribution in [0.3, 0.4) is 0 Å². The first-order valence-corrected chi connectivity index (χ1v) is 11.0. The molecule has 0 amide bonds. The molecule has 0 aliphatic heterocycles. The first kappa shape index (κ1) is 18.2. The van der Waals surface area contributed by atoms with Crippen LogP contribution in [0.25, 0.3) is 31.7 Å². The van der Waals surface area contributed by atoms with Gasteiger partial charge in [0.2, 0.25) is 6.19 Å². The maximum absolute atomic E-state index is 14.0. The Morgan fingerprint density at radius 1 is 0.935 bits per heavy atom. The molecule has 8 heteroatoms. The Kier molecular flexibility index (Phi) is 3.79. The van der Waals surface area contributed by atoms with E-state index in [0.29, 0.717) is 17.8 Å². The zero-order valence-electron chi connectivity index (χ0n) is 15.7. The van der Waals surface area contributed by atoms with Gasteiger partial charge in [0.15, 0.2) is 6.19 Å². The third-order valence-electron chi connectivity index (χ3n) is 5.79. The van der Waals surface area contributed by atoms with Crippen LogP contribution in [0.1, 0.15) is 26.8 Å². The number of hydrogen-bond donors (Lipinski definition) is 1. The van der Waals surface area contributed by atoms with E-state index in [1.54, 1.807) is 29.5 Å². The fraction of sp³-hybridized carbons (Fsp3) is 0.0870. The minimum absolute atomic E-state index is 0.123. The van der Waals surface area contributed by atoms with Crippen molar-refractivity contribution in [3.8, 4) is 34.6 Å². The molecule has 0 fully saturated rings. The quantitative estimate of drug-likeness (QED) is 0.279. The van der Waals surface area contributed by atoms with Gasteiger partial charge in [-0.05, 0) is 41.0 Å². The number of nitrogens with one attached hydrogen (secondary N) is 1. The number of hydrogen-bond acceptors (Lipinski definition) is 6. The van der Waals surface area contributed by atoms with Crippen molar-refractivity contribution in [1.82, 2.24) is 5.32 Å². The van der Waals surface area contributed by atoms with E-state index in [1.807, 2.05) is 12.4 Å². The lowest BCUT2D eigenvalue weighted by atomic mass is 10.0. The molecule has 0 radical (unpaired) electrons. The molecule has 1 N–H and O–H groups in total. The summed E-state index contributed by atoms with van der Waals surface area (Å²) >= 11 is 3.14. The maximum atomic E-state index is 14.0. The molecule has 0 saturated heterocycles. The Bertz CT molecular complexity index is 1550. The normalized spacial score (nSPS) is 16.5. The topological polar surface area (TPSA) is 72.0 Å². The van der Waals surface area contributed by atoms with E-state index in [4.69, 9.17) is 5.26 Å². The fourth-order valence-electron chi connectivity index (χ4n) is 4.62. The first-order valence-electron chi connectivity index (χ1n) is 9.40. The number of benzene rings is 2. The average molecular weight is 444 g/mol. The Morgan fingerprint density at radius 2 is 1.68 bits per heavy atom. The second kappa shape index (κ2) is 6.45. The molecular weight excluding hydrogens is 434 g/mol. The number of fused-ring (bicyclic) bond motifs is 9. The Hall–Kier alpha value is -3.59. The monoisotopic (exact) mass is 444 g/mol. The van der Waals surface area contributed by atoms with Crippen LogP contribution in [0.2, 0.25) is 0 Å². The van der Waals surface area contributed by atoms with E-state index in [9.17, 15) is 14.0 Å². The summed E-state index contributed by atoms with van der Waals surface area (Å²) in [6.45, 7) is 0.388. The summed E-state index contributed by atoms with van der Waals surface area (Å²) in [5.41, 5.74) is 5.84. The van der Waals surface area contributed by atoms with Gasteiger partial charge < -0.3 is 5.32 Å². The molecule has 1 unspecified atom stereocenters. The Labute approximate surface area is 183 Å². The predicted octanol–water partition coefficient (Wildman–Crippen LogP) is 5.72. The summed E-state index contributed by atoms with van der Waals surface area (Å²) in [5, 5.41) is 20.9. The second-order valence-electron chi connectivity index (χ2n) is 7.33. The number of aliphatic imine (C=N–C) groups is 1. The standard InChI is InChI=1S/C23H10F2N4S2/c24-10-1-3-12-14(5-10)16(7-28-8-26)20-17(12)22-23(30-20)18-13-4-2-11(25)6-15(13)19(29-9-27)21(18)31-22/h1-6,16,28H,7H2. The Balaban J connectivity index is 1.66. The van der Waals surface area contributed by atoms with E-state index < -0.39 is 0 Å². The van der Waals surface area contributed by atoms with Gasteiger partial charge in [0, 0.05) is 34.0 Å². The average Bonchev–Trinajstić information content (AvgIpc) is 3.44. The van der Waals surface area contributed by atoms with Crippen LogP contribution >= 0.6 is 22.7 Å². The molecule has 2 heterocycles. The van der Waals surface area contributed by atoms with Crippen molar-refractivity contribution in [1.29, 1.82) is 10.5 Å². The molecule has 2 aromatic heterocycles. The first-order chi connectivity index (χ1) is 15.1. The van der Waals surface area contributed by atoms with Crippen molar-refractivity contribution >= 4 is 37.8 Å². The van der Waals surface area contributed by atoms with E-state index in [0.717, 1.165) is 47.0 Å². The van der Waals surface area contributed by atoms with Crippen molar-refractivity contribution in [2.24, 2.45) is 4.99 Å². The van der Waals surface area contributed by atoms with E-state index in [2.05, 4.69) is 10.3 Å². The molecule has 148 valence electrons. The minimum Gasteiger partial charge on any atom is -0.323 e. The molecule has 2 aliphatic rings. The highest BCUT2D eigenvalue weighted by molar-refractivity contribution is 7.31. The third kappa shape index (κ3) is 2.37. The number of nitriles is 2. The number of rotatable bonds is 2. The van der Waals surface area contributed by atoms with Gasteiger partial charge in [0.1, 0.15) is 17.3 Å².